The van der Waals surface area contributed by atoms with Gasteiger partial charge in [0, 0.05) is 5.02 Å². The Hall–Kier alpha value is -1.08. The zero-order valence-corrected chi connectivity index (χ0v) is 11.5. The van der Waals surface area contributed by atoms with Gasteiger partial charge in [0.15, 0.2) is 0 Å². The Bertz CT molecular complexity index is 652. The van der Waals surface area contributed by atoms with Crippen molar-refractivity contribution in [2.75, 3.05) is 4.72 Å². The Kier molecular flexibility index (Phi) is 3.91. The minimum absolute atomic E-state index is 0.159. The quantitative estimate of drug-likeness (QED) is 0.912. The highest BCUT2D eigenvalue weighted by molar-refractivity contribution is 7.94. The third-order valence-electron chi connectivity index (χ3n) is 2.15. The molecular weight excluding hydrogens is 294 g/mol. The predicted octanol–water partition coefficient (Wildman–Crippen LogP) is 2.69. The number of sulfonamides is 1. The zero-order valence-electron chi connectivity index (χ0n) is 9.13. The van der Waals surface area contributed by atoms with E-state index in [1.807, 2.05) is 0 Å². The van der Waals surface area contributed by atoms with Crippen LogP contribution in [0.1, 0.15) is 5.56 Å². The van der Waals surface area contributed by atoms with Crippen LogP contribution in [0, 0.1) is 0 Å². The van der Waals surface area contributed by atoms with Crippen LogP contribution in [0.25, 0.3) is 0 Å². The maximum atomic E-state index is 12.0. The highest BCUT2D eigenvalue weighted by Crippen LogP contribution is 2.24. The van der Waals surface area contributed by atoms with E-state index < -0.39 is 10.0 Å². The van der Waals surface area contributed by atoms with Crippen molar-refractivity contribution in [3.05, 3.63) is 46.3 Å². The van der Waals surface area contributed by atoms with Crippen LogP contribution in [-0.4, -0.2) is 13.5 Å². The first kappa shape index (κ1) is 13.4. The lowest BCUT2D eigenvalue weighted by Gasteiger charge is -2.06. The molecule has 0 aliphatic heterocycles. The van der Waals surface area contributed by atoms with Crippen LogP contribution < -0.4 is 4.72 Å². The molecule has 7 heteroatoms. The van der Waals surface area contributed by atoms with Crippen molar-refractivity contribution in [3.63, 3.8) is 0 Å². The number of aliphatic hydroxyl groups is 1. The van der Waals surface area contributed by atoms with Crippen LogP contribution in [-0.2, 0) is 16.6 Å². The van der Waals surface area contributed by atoms with E-state index >= 15 is 0 Å². The molecule has 0 unspecified atom stereocenters. The van der Waals surface area contributed by atoms with E-state index in [0.29, 0.717) is 16.3 Å². The summed E-state index contributed by atoms with van der Waals surface area (Å²) in [6, 6.07) is 7.91. The van der Waals surface area contributed by atoms with E-state index in [-0.39, 0.29) is 10.8 Å². The van der Waals surface area contributed by atoms with E-state index in [2.05, 4.69) is 4.72 Å². The lowest BCUT2D eigenvalue weighted by atomic mass is 10.3. The minimum atomic E-state index is -3.62. The predicted molar refractivity (Wildman–Crippen MR) is 72.5 cm³/mol. The van der Waals surface area contributed by atoms with Gasteiger partial charge in [0.2, 0.25) is 0 Å². The average Bonchev–Trinajstić information content (AvgIpc) is 2.77. The number of halogens is 1. The summed E-state index contributed by atoms with van der Waals surface area (Å²) < 4.78 is 26.6. The fourth-order valence-electron chi connectivity index (χ4n) is 1.33. The van der Waals surface area contributed by atoms with Gasteiger partial charge in [-0.3, -0.25) is 4.72 Å². The lowest BCUT2D eigenvalue weighted by molar-refractivity contribution is 0.282. The fourth-order valence-corrected chi connectivity index (χ4v) is 3.77. The summed E-state index contributed by atoms with van der Waals surface area (Å²) in [5.41, 5.74) is 0.980. The second kappa shape index (κ2) is 5.27. The number of thiophene rings is 1. The van der Waals surface area contributed by atoms with Gasteiger partial charge in [-0.2, -0.15) is 0 Å². The van der Waals surface area contributed by atoms with Crippen LogP contribution in [0.2, 0.25) is 5.02 Å². The topological polar surface area (TPSA) is 66.4 Å². The van der Waals surface area contributed by atoms with Crippen molar-refractivity contribution in [1.29, 1.82) is 0 Å². The van der Waals surface area contributed by atoms with Crippen molar-refractivity contribution >= 4 is 38.6 Å². The maximum absolute atomic E-state index is 12.0. The molecule has 2 N–H and O–H groups in total. The summed E-state index contributed by atoms with van der Waals surface area (Å²) >= 11 is 6.84. The normalized spacial score (nSPS) is 11.4. The van der Waals surface area contributed by atoms with Gasteiger partial charge < -0.3 is 5.11 Å². The monoisotopic (exact) mass is 303 g/mol. The maximum Gasteiger partial charge on any atom is 0.271 e. The first-order chi connectivity index (χ1) is 8.51. The molecule has 0 bridgehead atoms. The van der Waals surface area contributed by atoms with Gasteiger partial charge in [-0.15, -0.1) is 11.3 Å². The molecule has 0 aliphatic carbocycles. The van der Waals surface area contributed by atoms with Crippen LogP contribution in [0.15, 0.2) is 39.9 Å². The molecule has 1 heterocycles. The third-order valence-corrected chi connectivity index (χ3v) is 5.26. The number of aliphatic hydroxyl groups excluding tert-OH is 1. The lowest BCUT2D eigenvalue weighted by Crippen LogP contribution is -2.11. The summed E-state index contributed by atoms with van der Waals surface area (Å²) in [6.45, 7) is -0.177. The first-order valence-electron chi connectivity index (χ1n) is 4.98. The minimum Gasteiger partial charge on any atom is -0.392 e. The number of rotatable bonds is 4. The Morgan fingerprint density at radius 1 is 1.33 bits per heavy atom. The molecule has 0 atom stereocenters. The fraction of sp³-hybridized carbons (Fsp3) is 0.0909. The third kappa shape index (κ3) is 3.02. The van der Waals surface area contributed by atoms with Crippen molar-refractivity contribution in [2.45, 2.75) is 10.8 Å². The molecule has 96 valence electrons. The first-order valence-corrected chi connectivity index (χ1v) is 7.72. The number of nitrogens with one attached hydrogen (secondary N) is 1. The molecule has 2 rings (SSSR count). The molecule has 0 saturated carbocycles. The molecule has 0 saturated heterocycles. The molecular formula is C11H10ClNO3S2. The summed E-state index contributed by atoms with van der Waals surface area (Å²) in [5, 5.41) is 11.0. The highest BCUT2D eigenvalue weighted by Gasteiger charge is 2.16. The number of hydrogen-bond donors (Lipinski definition) is 2. The van der Waals surface area contributed by atoms with Gasteiger partial charge in [0.05, 0.1) is 12.3 Å². The number of benzene rings is 1. The number of hydrogen-bond acceptors (Lipinski definition) is 4. The number of anilines is 1. The molecule has 2 aromatic rings. The Balaban J connectivity index is 2.27. The Morgan fingerprint density at radius 2 is 2.11 bits per heavy atom. The second-order valence-electron chi connectivity index (χ2n) is 3.55. The van der Waals surface area contributed by atoms with Crippen molar-refractivity contribution in [3.8, 4) is 0 Å². The Morgan fingerprint density at radius 3 is 2.72 bits per heavy atom. The zero-order chi connectivity index (χ0) is 13.2. The van der Waals surface area contributed by atoms with E-state index in [1.165, 1.54) is 12.1 Å². The smallest absolute Gasteiger partial charge is 0.271 e. The molecule has 18 heavy (non-hydrogen) atoms. The summed E-state index contributed by atoms with van der Waals surface area (Å²) in [4.78, 5) is 0. The summed E-state index contributed by atoms with van der Waals surface area (Å²) in [6.07, 6.45) is 0. The van der Waals surface area contributed by atoms with E-state index in [0.717, 1.165) is 11.3 Å². The second-order valence-corrected chi connectivity index (χ2v) is 6.80. The largest absolute Gasteiger partial charge is 0.392 e. The van der Waals surface area contributed by atoms with Crippen LogP contribution in [0.5, 0.6) is 0 Å². The van der Waals surface area contributed by atoms with E-state index in [4.69, 9.17) is 16.7 Å². The van der Waals surface area contributed by atoms with Crippen molar-refractivity contribution in [1.82, 2.24) is 0 Å². The van der Waals surface area contributed by atoms with Gasteiger partial charge in [0.25, 0.3) is 10.0 Å². The van der Waals surface area contributed by atoms with Crippen molar-refractivity contribution in [2.24, 2.45) is 0 Å². The molecule has 0 amide bonds. The standard InChI is InChI=1S/C11H10ClNO3S2/c12-9-2-1-3-10(5-9)13-18(15,16)11-4-8(6-14)7-17-11/h1-5,7,13-14H,6H2. The van der Waals surface area contributed by atoms with E-state index in [1.54, 1.807) is 23.6 Å². The molecule has 0 fully saturated rings. The molecule has 0 aliphatic rings. The molecule has 0 spiro atoms. The van der Waals surface area contributed by atoms with Crippen LogP contribution >= 0.6 is 22.9 Å². The van der Waals surface area contributed by atoms with Crippen LogP contribution in [0.4, 0.5) is 5.69 Å². The van der Waals surface area contributed by atoms with Gasteiger partial charge in [-0.05, 0) is 35.2 Å². The highest BCUT2D eigenvalue weighted by atomic mass is 35.5. The molecule has 4 nitrogen and oxygen atoms in total. The van der Waals surface area contributed by atoms with Gasteiger partial charge in [0.1, 0.15) is 4.21 Å². The van der Waals surface area contributed by atoms with Crippen LogP contribution in [0.3, 0.4) is 0 Å². The average molecular weight is 304 g/mol. The van der Waals surface area contributed by atoms with Gasteiger partial charge in [-0.25, -0.2) is 8.42 Å². The summed E-state index contributed by atoms with van der Waals surface area (Å²) in [7, 11) is -3.62. The molecule has 0 radical (unpaired) electrons. The Labute approximate surface area is 114 Å². The van der Waals surface area contributed by atoms with E-state index in [9.17, 15) is 8.42 Å². The van der Waals surface area contributed by atoms with Crippen molar-refractivity contribution < 1.29 is 13.5 Å². The molecule has 1 aromatic heterocycles. The summed E-state index contributed by atoms with van der Waals surface area (Å²) in [5.74, 6) is 0. The molecule has 1 aromatic carbocycles. The SMILES string of the molecule is O=S(=O)(Nc1cccc(Cl)c1)c1cc(CO)cs1. The van der Waals surface area contributed by atoms with Gasteiger partial charge in [-0.1, -0.05) is 17.7 Å². The van der Waals surface area contributed by atoms with Gasteiger partial charge >= 0.3 is 0 Å².